The molecule has 0 aliphatic heterocycles. The van der Waals surface area contributed by atoms with Gasteiger partial charge in [-0.15, -0.1) is 0 Å². The number of rotatable bonds is 3. The zero-order valence-electron chi connectivity index (χ0n) is 9.23. The molecular weight excluding hydrogens is 240 g/mol. The third-order valence-electron chi connectivity index (χ3n) is 2.42. The molecular formula is C13H9F2NO2. The van der Waals surface area contributed by atoms with Gasteiger partial charge in [0, 0.05) is 11.1 Å². The molecule has 1 heterocycles. The fraction of sp³-hybridized carbons (Fsp3) is 0.0769. The number of hydrogen-bond donors (Lipinski definition) is 1. The van der Waals surface area contributed by atoms with Gasteiger partial charge in [0.2, 0.25) is 0 Å². The molecule has 1 aromatic heterocycles. The number of carboxylic acids is 1. The van der Waals surface area contributed by atoms with E-state index in [1.807, 2.05) is 0 Å². The maximum Gasteiger partial charge on any atom is 0.307 e. The molecule has 0 atom stereocenters. The summed E-state index contributed by atoms with van der Waals surface area (Å²) in [6.07, 6.45) is 0.555. The summed E-state index contributed by atoms with van der Waals surface area (Å²) in [7, 11) is 0. The third kappa shape index (κ3) is 2.68. The van der Waals surface area contributed by atoms with Crippen LogP contribution in [0.3, 0.4) is 0 Å². The number of pyridine rings is 1. The lowest BCUT2D eigenvalue weighted by atomic mass is 10.1. The Bertz CT molecular complexity index is 582. The summed E-state index contributed by atoms with van der Waals surface area (Å²) in [5, 5.41) is 8.65. The number of benzene rings is 1. The minimum atomic E-state index is -1.12. The van der Waals surface area contributed by atoms with E-state index in [-0.39, 0.29) is 11.4 Å². The first-order valence-electron chi connectivity index (χ1n) is 5.18. The van der Waals surface area contributed by atoms with Crippen molar-refractivity contribution in [2.45, 2.75) is 6.42 Å². The lowest BCUT2D eigenvalue weighted by molar-refractivity contribution is -0.136. The maximum absolute atomic E-state index is 13.3. The van der Waals surface area contributed by atoms with E-state index in [0.717, 1.165) is 6.20 Å². The molecule has 18 heavy (non-hydrogen) atoms. The van der Waals surface area contributed by atoms with E-state index in [9.17, 15) is 13.6 Å². The normalized spacial score (nSPS) is 10.3. The molecule has 0 bridgehead atoms. The molecule has 0 radical (unpaired) electrons. The van der Waals surface area contributed by atoms with Crippen LogP contribution in [-0.4, -0.2) is 16.1 Å². The predicted octanol–water partition coefficient (Wildman–Crippen LogP) is 2.65. The Hall–Kier alpha value is -2.30. The summed E-state index contributed by atoms with van der Waals surface area (Å²) in [6, 6.07) is 6.88. The van der Waals surface area contributed by atoms with Crippen molar-refractivity contribution in [3.8, 4) is 11.3 Å². The van der Waals surface area contributed by atoms with Crippen molar-refractivity contribution in [3.63, 3.8) is 0 Å². The van der Waals surface area contributed by atoms with Crippen LogP contribution < -0.4 is 0 Å². The van der Waals surface area contributed by atoms with Gasteiger partial charge in [-0.05, 0) is 30.3 Å². The van der Waals surface area contributed by atoms with Crippen LogP contribution in [-0.2, 0) is 11.2 Å². The topological polar surface area (TPSA) is 50.2 Å². The monoisotopic (exact) mass is 249 g/mol. The smallest absolute Gasteiger partial charge is 0.307 e. The van der Waals surface area contributed by atoms with Crippen molar-refractivity contribution >= 4 is 5.97 Å². The Morgan fingerprint density at radius 3 is 2.50 bits per heavy atom. The number of hydrogen-bond acceptors (Lipinski definition) is 2. The zero-order chi connectivity index (χ0) is 13.1. The molecule has 0 saturated carbocycles. The summed E-state index contributed by atoms with van der Waals surface area (Å²) in [6.45, 7) is 0. The van der Waals surface area contributed by atoms with E-state index in [1.165, 1.54) is 30.3 Å². The molecule has 0 saturated heterocycles. The number of aromatic nitrogens is 1. The quantitative estimate of drug-likeness (QED) is 0.909. The van der Waals surface area contributed by atoms with Gasteiger partial charge < -0.3 is 5.11 Å². The third-order valence-corrected chi connectivity index (χ3v) is 2.42. The predicted molar refractivity (Wildman–Crippen MR) is 60.9 cm³/mol. The van der Waals surface area contributed by atoms with Crippen LogP contribution >= 0.6 is 0 Å². The highest BCUT2D eigenvalue weighted by molar-refractivity contribution is 5.71. The van der Waals surface area contributed by atoms with Crippen molar-refractivity contribution in [3.05, 3.63) is 53.7 Å². The van der Waals surface area contributed by atoms with E-state index in [1.54, 1.807) is 0 Å². The average Bonchev–Trinajstić information content (AvgIpc) is 2.32. The maximum atomic E-state index is 13.3. The first-order valence-corrected chi connectivity index (χ1v) is 5.18. The number of aliphatic carboxylic acids is 1. The van der Waals surface area contributed by atoms with Crippen LogP contribution in [0.2, 0.25) is 0 Å². The second-order valence-electron chi connectivity index (χ2n) is 3.74. The van der Waals surface area contributed by atoms with Crippen molar-refractivity contribution < 1.29 is 18.7 Å². The first kappa shape index (κ1) is 12.2. The van der Waals surface area contributed by atoms with Gasteiger partial charge in [0.25, 0.3) is 0 Å². The first-order chi connectivity index (χ1) is 8.56. The van der Waals surface area contributed by atoms with Gasteiger partial charge in [-0.25, -0.2) is 8.78 Å². The molecule has 0 aliphatic rings. The molecule has 1 N–H and O–H groups in total. The summed E-state index contributed by atoms with van der Waals surface area (Å²) in [5.41, 5.74) is 1.06. The number of nitrogens with zero attached hydrogens (tertiary/aromatic N) is 1. The summed E-state index contributed by atoms with van der Waals surface area (Å²) in [5.74, 6) is -2.17. The average molecular weight is 249 g/mol. The zero-order valence-corrected chi connectivity index (χ0v) is 9.23. The Balaban J connectivity index is 2.40. The standard InChI is InChI=1S/C13H9F2NO2/c14-10-3-1-8(2-4-10)12-5-9(6-13(17)18)11(15)7-16-12/h1-5,7H,6H2,(H,17,18). The van der Waals surface area contributed by atoms with Crippen molar-refractivity contribution in [1.29, 1.82) is 0 Å². The molecule has 0 fully saturated rings. The Kier molecular flexibility index (Phi) is 3.32. The van der Waals surface area contributed by atoms with Crippen molar-refractivity contribution in [1.82, 2.24) is 4.98 Å². The van der Waals surface area contributed by atoms with E-state index in [2.05, 4.69) is 4.98 Å². The molecule has 2 aromatic rings. The van der Waals surface area contributed by atoms with E-state index < -0.39 is 18.2 Å². The molecule has 0 aliphatic carbocycles. The van der Waals surface area contributed by atoms with Crippen LogP contribution in [0.25, 0.3) is 11.3 Å². The molecule has 0 amide bonds. The highest BCUT2D eigenvalue weighted by atomic mass is 19.1. The summed E-state index contributed by atoms with van der Waals surface area (Å²) >= 11 is 0. The Labute approximate surface area is 102 Å². The van der Waals surface area contributed by atoms with Crippen molar-refractivity contribution in [2.24, 2.45) is 0 Å². The van der Waals surface area contributed by atoms with Crippen LogP contribution in [0.1, 0.15) is 5.56 Å². The van der Waals surface area contributed by atoms with Gasteiger partial charge in [0.15, 0.2) is 0 Å². The van der Waals surface area contributed by atoms with Crippen LogP contribution in [0, 0.1) is 11.6 Å². The number of carbonyl (C=O) groups is 1. The van der Waals surface area contributed by atoms with Gasteiger partial charge in [-0.1, -0.05) is 0 Å². The number of carboxylic acid groups (broad SMARTS) is 1. The molecule has 2 rings (SSSR count). The fourth-order valence-corrected chi connectivity index (χ4v) is 1.56. The number of halogens is 2. The van der Waals surface area contributed by atoms with E-state index in [0.29, 0.717) is 11.3 Å². The highest BCUT2D eigenvalue weighted by Gasteiger charge is 2.10. The second kappa shape index (κ2) is 4.91. The summed E-state index contributed by atoms with van der Waals surface area (Å²) in [4.78, 5) is 14.4. The molecule has 0 unspecified atom stereocenters. The second-order valence-corrected chi connectivity index (χ2v) is 3.74. The van der Waals surface area contributed by atoms with Gasteiger partial charge in [0.1, 0.15) is 11.6 Å². The van der Waals surface area contributed by atoms with E-state index in [4.69, 9.17) is 5.11 Å². The van der Waals surface area contributed by atoms with Crippen LogP contribution in [0.15, 0.2) is 36.5 Å². The minimum Gasteiger partial charge on any atom is -0.481 e. The molecule has 3 nitrogen and oxygen atoms in total. The molecule has 5 heteroatoms. The SMILES string of the molecule is O=C(O)Cc1cc(-c2ccc(F)cc2)ncc1F. The van der Waals surface area contributed by atoms with E-state index >= 15 is 0 Å². The van der Waals surface area contributed by atoms with Gasteiger partial charge in [-0.3, -0.25) is 9.78 Å². The molecule has 0 spiro atoms. The minimum absolute atomic E-state index is 0.0526. The van der Waals surface area contributed by atoms with Crippen LogP contribution in [0.4, 0.5) is 8.78 Å². The lowest BCUT2D eigenvalue weighted by Gasteiger charge is -2.04. The Morgan fingerprint density at radius 1 is 1.22 bits per heavy atom. The molecule has 92 valence electrons. The van der Waals surface area contributed by atoms with Crippen LogP contribution in [0.5, 0.6) is 0 Å². The molecule has 1 aromatic carbocycles. The van der Waals surface area contributed by atoms with Crippen molar-refractivity contribution in [2.75, 3.05) is 0 Å². The van der Waals surface area contributed by atoms with Gasteiger partial charge in [-0.2, -0.15) is 0 Å². The lowest BCUT2D eigenvalue weighted by Crippen LogP contribution is -2.03. The Morgan fingerprint density at radius 2 is 1.89 bits per heavy atom. The van der Waals surface area contributed by atoms with Gasteiger partial charge >= 0.3 is 5.97 Å². The fourth-order valence-electron chi connectivity index (χ4n) is 1.56. The highest BCUT2D eigenvalue weighted by Crippen LogP contribution is 2.20. The largest absolute Gasteiger partial charge is 0.481 e. The van der Waals surface area contributed by atoms with Gasteiger partial charge in [0.05, 0.1) is 18.3 Å². The summed E-state index contributed by atoms with van der Waals surface area (Å²) < 4.78 is 26.1.